The van der Waals surface area contributed by atoms with E-state index in [1.54, 1.807) is 0 Å². The van der Waals surface area contributed by atoms with Gasteiger partial charge >= 0.3 is 0 Å². The molecule has 3 heteroatoms. The third kappa shape index (κ3) is 4.44. The van der Waals surface area contributed by atoms with Gasteiger partial charge in [-0.1, -0.05) is 6.92 Å². The molecule has 86 valence electrons. The molecule has 0 aliphatic carbocycles. The lowest BCUT2D eigenvalue weighted by molar-refractivity contribution is 0.157. The Labute approximate surface area is 98.0 Å². The second-order valence-corrected chi connectivity index (χ2v) is 5.96. The number of hydrogen-bond acceptors (Lipinski definition) is 3. The summed E-state index contributed by atoms with van der Waals surface area (Å²) in [5, 5.41) is 9.01. The summed E-state index contributed by atoms with van der Waals surface area (Å²) < 4.78 is 0. The van der Waals surface area contributed by atoms with Gasteiger partial charge in [0.15, 0.2) is 0 Å². The second-order valence-electron chi connectivity index (χ2n) is 4.56. The van der Waals surface area contributed by atoms with Crippen LogP contribution in [0, 0.1) is 16.7 Å². The molecule has 0 aromatic heterocycles. The lowest BCUT2D eigenvalue weighted by Crippen LogP contribution is -2.38. The molecule has 0 aromatic carbocycles. The predicted molar refractivity (Wildman–Crippen MR) is 67.0 cm³/mol. The van der Waals surface area contributed by atoms with Crippen LogP contribution in [-0.2, 0) is 0 Å². The van der Waals surface area contributed by atoms with Crippen molar-refractivity contribution in [2.75, 3.05) is 31.1 Å². The topological polar surface area (TPSA) is 27.0 Å². The molecule has 1 rings (SSSR count). The molecule has 0 atom stereocenters. The number of hydrogen-bond donors (Lipinski definition) is 0. The normalized spacial score (nSPS) is 21.1. The van der Waals surface area contributed by atoms with E-state index in [0.29, 0.717) is 0 Å². The summed E-state index contributed by atoms with van der Waals surface area (Å²) >= 11 is 2.02. The van der Waals surface area contributed by atoms with E-state index in [-0.39, 0.29) is 5.41 Å². The van der Waals surface area contributed by atoms with Gasteiger partial charge in [-0.3, -0.25) is 0 Å². The Bertz CT molecular complexity index is 214. The van der Waals surface area contributed by atoms with Crippen LogP contribution in [0.3, 0.4) is 0 Å². The molecule has 1 fully saturated rings. The lowest BCUT2D eigenvalue weighted by Gasteiger charge is -2.34. The van der Waals surface area contributed by atoms with Gasteiger partial charge in [-0.05, 0) is 57.3 Å². The minimum absolute atomic E-state index is 0.0470. The van der Waals surface area contributed by atoms with Gasteiger partial charge in [0.25, 0.3) is 0 Å². The Morgan fingerprint density at radius 2 is 2.07 bits per heavy atom. The summed E-state index contributed by atoms with van der Waals surface area (Å²) in [6.07, 6.45) is 3.39. The van der Waals surface area contributed by atoms with Crippen LogP contribution in [0.2, 0.25) is 0 Å². The number of likely N-dealkylation sites (tertiary alicyclic amines) is 1. The number of thioether (sulfide) groups is 1. The molecular formula is C12H22N2S. The highest BCUT2D eigenvalue weighted by Crippen LogP contribution is 2.29. The van der Waals surface area contributed by atoms with Crippen molar-refractivity contribution in [3.05, 3.63) is 0 Å². The molecule has 2 nitrogen and oxygen atoms in total. The smallest absolute Gasteiger partial charge is 0.0687 e. The van der Waals surface area contributed by atoms with E-state index >= 15 is 0 Å². The van der Waals surface area contributed by atoms with Crippen molar-refractivity contribution in [1.82, 2.24) is 4.90 Å². The fourth-order valence-corrected chi connectivity index (χ4v) is 2.54. The molecule has 0 aromatic rings. The fourth-order valence-electron chi connectivity index (χ4n) is 1.92. The first-order chi connectivity index (χ1) is 7.20. The van der Waals surface area contributed by atoms with Crippen molar-refractivity contribution in [2.45, 2.75) is 33.1 Å². The summed E-state index contributed by atoms with van der Waals surface area (Å²) in [5.74, 6) is 2.51. The molecule has 1 aliphatic rings. The molecule has 0 unspecified atom stereocenters. The number of nitrogens with zero attached hydrogens (tertiary/aromatic N) is 2. The van der Waals surface area contributed by atoms with E-state index in [9.17, 15) is 0 Å². The summed E-state index contributed by atoms with van der Waals surface area (Å²) in [7, 11) is 0. The molecule has 0 radical (unpaired) electrons. The second kappa shape index (κ2) is 6.40. The Hall–Kier alpha value is -0.200. The van der Waals surface area contributed by atoms with Crippen molar-refractivity contribution in [1.29, 1.82) is 5.26 Å². The molecule has 0 saturated carbocycles. The van der Waals surface area contributed by atoms with E-state index in [1.165, 1.54) is 24.5 Å². The number of piperidine rings is 1. The van der Waals surface area contributed by atoms with E-state index in [0.717, 1.165) is 25.9 Å². The average molecular weight is 226 g/mol. The Morgan fingerprint density at radius 1 is 1.40 bits per heavy atom. The van der Waals surface area contributed by atoms with Crippen LogP contribution in [0.4, 0.5) is 0 Å². The van der Waals surface area contributed by atoms with E-state index in [2.05, 4.69) is 24.8 Å². The Balaban J connectivity index is 2.13. The molecular weight excluding hydrogens is 204 g/mol. The van der Waals surface area contributed by atoms with Gasteiger partial charge in [-0.2, -0.15) is 17.0 Å². The van der Waals surface area contributed by atoms with Crippen LogP contribution >= 0.6 is 11.8 Å². The molecule has 1 saturated heterocycles. The van der Waals surface area contributed by atoms with Crippen LogP contribution in [0.15, 0.2) is 0 Å². The van der Waals surface area contributed by atoms with Crippen LogP contribution in [0.25, 0.3) is 0 Å². The first kappa shape index (κ1) is 12.9. The summed E-state index contributed by atoms with van der Waals surface area (Å²) in [5.41, 5.74) is -0.0470. The molecule has 0 bridgehead atoms. The third-order valence-corrected chi connectivity index (χ3v) is 4.18. The SMILES string of the molecule is CCSCCCN1CCC(C)(C#N)CC1. The van der Waals surface area contributed by atoms with Gasteiger partial charge in [0.2, 0.25) is 0 Å². The maximum Gasteiger partial charge on any atom is 0.0687 e. The number of nitriles is 1. The van der Waals surface area contributed by atoms with Crippen molar-refractivity contribution >= 4 is 11.8 Å². The number of rotatable bonds is 5. The highest BCUT2D eigenvalue weighted by atomic mass is 32.2. The van der Waals surface area contributed by atoms with Gasteiger partial charge in [-0.25, -0.2) is 0 Å². The highest BCUT2D eigenvalue weighted by Gasteiger charge is 2.29. The van der Waals surface area contributed by atoms with E-state index < -0.39 is 0 Å². The van der Waals surface area contributed by atoms with Gasteiger partial charge in [0.05, 0.1) is 11.5 Å². The van der Waals surface area contributed by atoms with Crippen molar-refractivity contribution < 1.29 is 0 Å². The molecule has 15 heavy (non-hydrogen) atoms. The van der Waals surface area contributed by atoms with Crippen LogP contribution < -0.4 is 0 Å². The fraction of sp³-hybridized carbons (Fsp3) is 0.917. The highest BCUT2D eigenvalue weighted by molar-refractivity contribution is 7.99. The van der Waals surface area contributed by atoms with Gasteiger partial charge in [0.1, 0.15) is 0 Å². The molecule has 0 amide bonds. The maximum absolute atomic E-state index is 9.01. The van der Waals surface area contributed by atoms with Crippen molar-refractivity contribution in [3.8, 4) is 6.07 Å². The van der Waals surface area contributed by atoms with Crippen molar-refractivity contribution in [3.63, 3.8) is 0 Å². The van der Waals surface area contributed by atoms with Crippen LogP contribution in [0.1, 0.15) is 33.1 Å². The van der Waals surface area contributed by atoms with Gasteiger partial charge in [0, 0.05) is 0 Å². The average Bonchev–Trinajstić information content (AvgIpc) is 2.27. The molecule has 1 aliphatic heterocycles. The quantitative estimate of drug-likeness (QED) is 0.675. The predicted octanol–water partition coefficient (Wildman–Crippen LogP) is 2.76. The first-order valence-electron chi connectivity index (χ1n) is 5.91. The first-order valence-corrected chi connectivity index (χ1v) is 7.07. The Kier molecular flexibility index (Phi) is 5.49. The van der Waals surface area contributed by atoms with Crippen LogP contribution in [-0.4, -0.2) is 36.0 Å². The maximum atomic E-state index is 9.01. The van der Waals surface area contributed by atoms with Gasteiger partial charge in [-0.15, -0.1) is 0 Å². The standard InChI is InChI=1S/C12H22N2S/c1-3-15-10-4-7-14-8-5-12(2,11-13)6-9-14/h3-10H2,1-2H3. The zero-order chi connectivity index (χ0) is 11.1. The molecule has 0 spiro atoms. The molecule has 1 heterocycles. The van der Waals surface area contributed by atoms with E-state index in [1.807, 2.05) is 11.8 Å². The summed E-state index contributed by atoms with van der Waals surface area (Å²) in [6, 6.07) is 2.45. The van der Waals surface area contributed by atoms with Crippen LogP contribution in [0.5, 0.6) is 0 Å². The zero-order valence-corrected chi connectivity index (χ0v) is 10.8. The summed E-state index contributed by atoms with van der Waals surface area (Å²) in [4.78, 5) is 2.51. The van der Waals surface area contributed by atoms with E-state index in [4.69, 9.17) is 5.26 Å². The van der Waals surface area contributed by atoms with Gasteiger partial charge < -0.3 is 4.90 Å². The minimum atomic E-state index is -0.0470. The monoisotopic (exact) mass is 226 g/mol. The zero-order valence-electron chi connectivity index (χ0n) is 9.96. The molecule has 0 N–H and O–H groups in total. The minimum Gasteiger partial charge on any atom is -0.303 e. The third-order valence-electron chi connectivity index (χ3n) is 3.20. The summed E-state index contributed by atoms with van der Waals surface area (Å²) in [6.45, 7) is 7.75. The lowest BCUT2D eigenvalue weighted by atomic mass is 9.82. The largest absolute Gasteiger partial charge is 0.303 e. The van der Waals surface area contributed by atoms with Crippen molar-refractivity contribution in [2.24, 2.45) is 5.41 Å². The Morgan fingerprint density at radius 3 is 2.60 bits per heavy atom.